The lowest BCUT2D eigenvalue weighted by Gasteiger charge is -2.08. The van der Waals surface area contributed by atoms with E-state index in [4.69, 9.17) is 0 Å². The zero-order valence-electron chi connectivity index (χ0n) is 11.3. The van der Waals surface area contributed by atoms with E-state index in [9.17, 15) is 4.79 Å². The van der Waals surface area contributed by atoms with Crippen molar-refractivity contribution in [2.45, 2.75) is 6.92 Å². The van der Waals surface area contributed by atoms with E-state index in [-0.39, 0.29) is 5.78 Å². The van der Waals surface area contributed by atoms with Crippen molar-refractivity contribution >= 4 is 21.7 Å². The molecule has 4 nitrogen and oxygen atoms in total. The van der Waals surface area contributed by atoms with Crippen molar-refractivity contribution in [1.82, 2.24) is 15.0 Å². The molecule has 3 aromatic rings. The third-order valence-corrected chi connectivity index (χ3v) is 4.15. The number of halogens is 1. The van der Waals surface area contributed by atoms with Crippen LogP contribution in [-0.2, 0) is 0 Å². The highest BCUT2D eigenvalue weighted by atomic mass is 79.9. The van der Waals surface area contributed by atoms with Crippen molar-refractivity contribution in [3.05, 3.63) is 76.0 Å². The lowest BCUT2D eigenvalue weighted by atomic mass is 10.0. The van der Waals surface area contributed by atoms with E-state index in [0.29, 0.717) is 11.3 Å². The van der Waals surface area contributed by atoms with Gasteiger partial charge in [-0.2, -0.15) is 0 Å². The second kappa shape index (κ2) is 5.61. The first-order chi connectivity index (χ1) is 10.2. The minimum Gasteiger partial charge on any atom is -0.287 e. The summed E-state index contributed by atoms with van der Waals surface area (Å²) in [5, 5.41) is 7.90. The van der Waals surface area contributed by atoms with Gasteiger partial charge in [0.1, 0.15) is 5.69 Å². The van der Waals surface area contributed by atoms with E-state index in [0.717, 1.165) is 15.7 Å². The molecule has 0 saturated carbocycles. The maximum atomic E-state index is 12.8. The van der Waals surface area contributed by atoms with E-state index in [1.807, 2.05) is 55.5 Å². The number of nitrogens with zero attached hydrogens (tertiary/aromatic N) is 3. The Kier molecular flexibility index (Phi) is 3.66. The van der Waals surface area contributed by atoms with Crippen LogP contribution in [0.15, 0.2) is 59.2 Å². The monoisotopic (exact) mass is 341 g/mol. The molecule has 0 aliphatic carbocycles. The van der Waals surface area contributed by atoms with Gasteiger partial charge >= 0.3 is 0 Å². The Hall–Kier alpha value is -2.27. The van der Waals surface area contributed by atoms with Gasteiger partial charge < -0.3 is 0 Å². The molecule has 104 valence electrons. The van der Waals surface area contributed by atoms with Crippen LogP contribution in [0.3, 0.4) is 0 Å². The van der Waals surface area contributed by atoms with Gasteiger partial charge in [-0.25, -0.2) is 4.68 Å². The van der Waals surface area contributed by atoms with Crippen molar-refractivity contribution in [3.63, 3.8) is 0 Å². The van der Waals surface area contributed by atoms with E-state index in [1.165, 1.54) is 6.20 Å². The summed E-state index contributed by atoms with van der Waals surface area (Å²) in [4.78, 5) is 12.8. The molecule has 0 bridgehead atoms. The van der Waals surface area contributed by atoms with Crippen LogP contribution in [-0.4, -0.2) is 20.8 Å². The summed E-state index contributed by atoms with van der Waals surface area (Å²) in [6, 6.07) is 15.1. The van der Waals surface area contributed by atoms with Crippen LogP contribution in [0.5, 0.6) is 0 Å². The van der Waals surface area contributed by atoms with Crippen LogP contribution in [0.1, 0.15) is 21.6 Å². The minimum absolute atomic E-state index is 0.0948. The topological polar surface area (TPSA) is 47.8 Å². The molecular weight excluding hydrogens is 330 g/mol. The average Bonchev–Trinajstić information content (AvgIpc) is 3.00. The van der Waals surface area contributed by atoms with Crippen molar-refractivity contribution in [3.8, 4) is 5.69 Å². The number of carbonyl (C=O) groups excluding carboxylic acids is 1. The molecule has 0 amide bonds. The van der Waals surface area contributed by atoms with Gasteiger partial charge in [0.15, 0.2) is 0 Å². The molecule has 0 saturated heterocycles. The molecule has 3 rings (SSSR count). The molecule has 0 spiro atoms. The largest absolute Gasteiger partial charge is 0.287 e. The Labute approximate surface area is 130 Å². The molecule has 0 unspecified atom stereocenters. The molecular formula is C16H12BrN3O. The number of ketones is 1. The highest BCUT2D eigenvalue weighted by molar-refractivity contribution is 9.10. The summed E-state index contributed by atoms with van der Waals surface area (Å²) < 4.78 is 2.47. The van der Waals surface area contributed by atoms with Crippen molar-refractivity contribution in [2.75, 3.05) is 0 Å². The number of hydrogen-bond donors (Lipinski definition) is 0. The number of para-hydroxylation sites is 1. The van der Waals surface area contributed by atoms with E-state index < -0.39 is 0 Å². The first kappa shape index (κ1) is 13.7. The summed E-state index contributed by atoms with van der Waals surface area (Å²) >= 11 is 3.45. The maximum absolute atomic E-state index is 12.8. The van der Waals surface area contributed by atoms with Gasteiger partial charge in [-0.1, -0.05) is 51.5 Å². The molecule has 1 aromatic heterocycles. The first-order valence-electron chi connectivity index (χ1n) is 6.44. The van der Waals surface area contributed by atoms with Gasteiger partial charge in [0.2, 0.25) is 5.78 Å². The van der Waals surface area contributed by atoms with Crippen LogP contribution in [0.2, 0.25) is 0 Å². The molecule has 0 fully saturated rings. The van der Waals surface area contributed by atoms with Crippen LogP contribution in [0.25, 0.3) is 5.69 Å². The lowest BCUT2D eigenvalue weighted by Crippen LogP contribution is -2.11. The molecule has 0 aliphatic heterocycles. The first-order valence-corrected chi connectivity index (χ1v) is 7.23. The van der Waals surface area contributed by atoms with E-state index in [2.05, 4.69) is 26.2 Å². The third kappa shape index (κ3) is 2.52. The fourth-order valence-electron chi connectivity index (χ4n) is 2.14. The number of hydrogen-bond acceptors (Lipinski definition) is 3. The molecule has 0 aliphatic rings. The normalized spacial score (nSPS) is 10.6. The molecule has 1 heterocycles. The maximum Gasteiger partial charge on any atom is 0.213 e. The predicted molar refractivity (Wildman–Crippen MR) is 83.7 cm³/mol. The summed E-state index contributed by atoms with van der Waals surface area (Å²) in [6.07, 6.45) is 1.50. The molecule has 2 aromatic carbocycles. The van der Waals surface area contributed by atoms with Gasteiger partial charge in [-0.3, -0.25) is 4.79 Å². The second-order valence-corrected chi connectivity index (χ2v) is 5.46. The number of aromatic nitrogens is 3. The fourth-order valence-corrected chi connectivity index (χ4v) is 2.51. The smallest absolute Gasteiger partial charge is 0.213 e. The van der Waals surface area contributed by atoms with E-state index in [1.54, 1.807) is 4.68 Å². The number of carbonyl (C=O) groups is 1. The van der Waals surface area contributed by atoms with Crippen LogP contribution >= 0.6 is 15.9 Å². The summed E-state index contributed by atoms with van der Waals surface area (Å²) in [5.41, 5.74) is 2.81. The van der Waals surface area contributed by atoms with Crippen LogP contribution in [0, 0.1) is 6.92 Å². The quantitative estimate of drug-likeness (QED) is 0.684. The standard InChI is InChI=1S/C16H12BrN3O/c1-11-13(8-5-9-14(11)17)16(21)15-10-18-19-20(15)12-6-3-2-4-7-12/h2-10H,1H3. The third-order valence-electron chi connectivity index (χ3n) is 3.30. The average molecular weight is 342 g/mol. The summed E-state index contributed by atoms with van der Waals surface area (Å²) in [6.45, 7) is 1.91. The summed E-state index contributed by atoms with van der Waals surface area (Å²) in [5.74, 6) is -0.0948. The summed E-state index contributed by atoms with van der Waals surface area (Å²) in [7, 11) is 0. The van der Waals surface area contributed by atoms with Gasteiger partial charge in [-0.05, 0) is 30.7 Å². The molecule has 21 heavy (non-hydrogen) atoms. The van der Waals surface area contributed by atoms with Gasteiger partial charge in [0.25, 0.3) is 0 Å². The van der Waals surface area contributed by atoms with E-state index >= 15 is 0 Å². The van der Waals surface area contributed by atoms with Crippen LogP contribution in [0.4, 0.5) is 0 Å². The Morgan fingerprint density at radius 2 is 1.86 bits per heavy atom. The molecule has 0 radical (unpaired) electrons. The Morgan fingerprint density at radius 1 is 1.10 bits per heavy atom. The van der Waals surface area contributed by atoms with Gasteiger partial charge in [0, 0.05) is 10.0 Å². The minimum atomic E-state index is -0.0948. The highest BCUT2D eigenvalue weighted by Crippen LogP contribution is 2.22. The molecule has 0 atom stereocenters. The predicted octanol–water partition coefficient (Wildman–Crippen LogP) is 3.57. The lowest BCUT2D eigenvalue weighted by molar-refractivity contribution is 0.103. The Bertz CT molecular complexity index is 796. The SMILES string of the molecule is Cc1c(Br)cccc1C(=O)c1cnnn1-c1ccccc1. The Balaban J connectivity index is 2.08. The van der Waals surface area contributed by atoms with Crippen molar-refractivity contribution in [2.24, 2.45) is 0 Å². The Morgan fingerprint density at radius 3 is 2.62 bits per heavy atom. The number of rotatable bonds is 3. The van der Waals surface area contributed by atoms with Gasteiger partial charge in [0.05, 0.1) is 11.9 Å². The fraction of sp³-hybridized carbons (Fsp3) is 0.0625. The number of benzene rings is 2. The zero-order chi connectivity index (χ0) is 14.8. The molecule has 0 N–H and O–H groups in total. The van der Waals surface area contributed by atoms with Gasteiger partial charge in [-0.15, -0.1) is 5.10 Å². The zero-order valence-corrected chi connectivity index (χ0v) is 12.9. The highest BCUT2D eigenvalue weighted by Gasteiger charge is 2.18. The molecule has 5 heteroatoms. The van der Waals surface area contributed by atoms with Crippen molar-refractivity contribution in [1.29, 1.82) is 0 Å². The van der Waals surface area contributed by atoms with Crippen molar-refractivity contribution < 1.29 is 4.79 Å². The van der Waals surface area contributed by atoms with Crippen LogP contribution < -0.4 is 0 Å². The second-order valence-electron chi connectivity index (χ2n) is 4.61.